The highest BCUT2D eigenvalue weighted by Gasteiger charge is 2.31. The van der Waals surface area contributed by atoms with Gasteiger partial charge in [0.2, 0.25) is 0 Å². The zero-order chi connectivity index (χ0) is 16.3. The molecule has 1 fully saturated rings. The molecule has 1 saturated carbocycles. The number of hydrogen-bond acceptors (Lipinski definition) is 1. The fourth-order valence-electron chi connectivity index (χ4n) is 2.97. The molecular weight excluding hydrogens is 309 g/mol. The van der Waals surface area contributed by atoms with Gasteiger partial charge in [-0.05, 0) is 68.6 Å². The number of anilines is 1. The predicted molar refractivity (Wildman–Crippen MR) is 87.0 cm³/mol. The summed E-state index contributed by atoms with van der Waals surface area (Å²) in [6.45, 7) is 3.71. The second-order valence-corrected chi connectivity index (χ2v) is 6.43. The molecule has 0 aromatic heterocycles. The third kappa shape index (κ3) is 4.60. The molecule has 1 aromatic rings. The fourth-order valence-corrected chi connectivity index (χ4v) is 3.27. The molecule has 0 heterocycles. The van der Waals surface area contributed by atoms with Crippen LogP contribution in [0.2, 0.25) is 0 Å². The van der Waals surface area contributed by atoms with Crippen LogP contribution in [0.25, 0.3) is 0 Å². The van der Waals surface area contributed by atoms with Crippen molar-refractivity contribution in [1.82, 2.24) is 5.32 Å². The molecule has 1 aliphatic rings. The minimum absolute atomic E-state index is 0.231. The van der Waals surface area contributed by atoms with Crippen LogP contribution in [-0.4, -0.2) is 11.2 Å². The largest absolute Gasteiger partial charge is 0.416 e. The highest BCUT2D eigenvalue weighted by atomic mass is 32.1. The molecule has 2 N–H and O–H groups in total. The molecule has 1 aliphatic carbocycles. The number of rotatable bonds is 3. The van der Waals surface area contributed by atoms with Gasteiger partial charge in [-0.25, -0.2) is 0 Å². The van der Waals surface area contributed by atoms with Gasteiger partial charge in [-0.1, -0.05) is 12.8 Å². The normalized spacial score (nSPS) is 17.3. The number of aryl methyl sites for hydroxylation is 1. The number of alkyl halides is 3. The maximum Gasteiger partial charge on any atom is 0.416 e. The molecule has 0 unspecified atom stereocenters. The van der Waals surface area contributed by atoms with Crippen LogP contribution in [0.4, 0.5) is 18.9 Å². The molecule has 6 heteroatoms. The van der Waals surface area contributed by atoms with E-state index in [1.165, 1.54) is 25.7 Å². The van der Waals surface area contributed by atoms with E-state index in [4.69, 9.17) is 12.2 Å². The highest BCUT2D eigenvalue weighted by Crippen LogP contribution is 2.32. The summed E-state index contributed by atoms with van der Waals surface area (Å²) in [5.74, 6) is 0.586. The van der Waals surface area contributed by atoms with Crippen LogP contribution < -0.4 is 10.6 Å². The number of hydrogen-bond donors (Lipinski definition) is 2. The highest BCUT2D eigenvalue weighted by molar-refractivity contribution is 7.80. The Labute approximate surface area is 134 Å². The molecule has 0 aliphatic heterocycles. The maximum atomic E-state index is 12.8. The van der Waals surface area contributed by atoms with Crippen LogP contribution >= 0.6 is 12.2 Å². The molecular formula is C16H21F3N2S. The molecule has 122 valence electrons. The van der Waals surface area contributed by atoms with Crippen molar-refractivity contribution >= 4 is 23.0 Å². The van der Waals surface area contributed by atoms with Gasteiger partial charge in [0.1, 0.15) is 0 Å². The molecule has 0 radical (unpaired) electrons. The summed E-state index contributed by atoms with van der Waals surface area (Å²) in [7, 11) is 0. The quantitative estimate of drug-likeness (QED) is 0.773. The van der Waals surface area contributed by atoms with Crippen molar-refractivity contribution in [3.63, 3.8) is 0 Å². The second-order valence-electron chi connectivity index (χ2n) is 6.02. The summed E-state index contributed by atoms with van der Waals surface area (Å²) in [4.78, 5) is 0. The van der Waals surface area contributed by atoms with Crippen molar-refractivity contribution in [2.45, 2.75) is 51.7 Å². The van der Waals surface area contributed by atoms with E-state index in [-0.39, 0.29) is 6.04 Å². The molecule has 0 spiro atoms. The Morgan fingerprint density at radius 2 is 1.86 bits per heavy atom. The van der Waals surface area contributed by atoms with E-state index in [1.807, 2.05) is 0 Å². The topological polar surface area (TPSA) is 24.1 Å². The lowest BCUT2D eigenvalue weighted by Gasteiger charge is -2.22. The van der Waals surface area contributed by atoms with E-state index >= 15 is 0 Å². The fraction of sp³-hybridized carbons (Fsp3) is 0.562. The summed E-state index contributed by atoms with van der Waals surface area (Å²) in [6.07, 6.45) is 0.487. The minimum Gasteiger partial charge on any atom is -0.360 e. The number of benzene rings is 1. The molecule has 1 atom stereocenters. The lowest BCUT2D eigenvalue weighted by atomic mass is 10.0. The Hall–Kier alpha value is -1.30. The van der Waals surface area contributed by atoms with Crippen LogP contribution in [0.15, 0.2) is 18.2 Å². The van der Waals surface area contributed by atoms with Crippen LogP contribution in [0, 0.1) is 12.8 Å². The standard InChI is InChI=1S/C16H21F3N2S/c1-10-7-13(16(17,18)19)9-14(8-10)21-15(22)20-11(2)12-5-3-4-6-12/h7-9,11-12H,3-6H2,1-2H3,(H2,20,21,22)/t11-/m0/s1. The van der Waals surface area contributed by atoms with Gasteiger partial charge >= 0.3 is 6.18 Å². The van der Waals surface area contributed by atoms with Crippen molar-refractivity contribution in [2.75, 3.05) is 5.32 Å². The van der Waals surface area contributed by atoms with Crippen molar-refractivity contribution in [2.24, 2.45) is 5.92 Å². The van der Waals surface area contributed by atoms with Gasteiger partial charge < -0.3 is 10.6 Å². The van der Waals surface area contributed by atoms with Gasteiger partial charge in [0, 0.05) is 11.7 Å². The minimum atomic E-state index is -4.35. The summed E-state index contributed by atoms with van der Waals surface area (Å²) in [5, 5.41) is 6.43. The molecule has 2 rings (SSSR count). The monoisotopic (exact) mass is 330 g/mol. The van der Waals surface area contributed by atoms with E-state index in [9.17, 15) is 13.2 Å². The van der Waals surface area contributed by atoms with E-state index in [0.29, 0.717) is 22.3 Å². The average molecular weight is 330 g/mol. The van der Waals surface area contributed by atoms with E-state index in [0.717, 1.165) is 12.1 Å². The lowest BCUT2D eigenvalue weighted by molar-refractivity contribution is -0.137. The zero-order valence-electron chi connectivity index (χ0n) is 12.8. The maximum absolute atomic E-state index is 12.8. The van der Waals surface area contributed by atoms with Crippen LogP contribution in [0.3, 0.4) is 0 Å². The van der Waals surface area contributed by atoms with Crippen LogP contribution in [0.5, 0.6) is 0 Å². The first-order chi connectivity index (χ1) is 10.3. The SMILES string of the molecule is Cc1cc(NC(=S)N[C@@H](C)C2CCCC2)cc(C(F)(F)F)c1. The van der Waals surface area contributed by atoms with Crippen molar-refractivity contribution in [1.29, 1.82) is 0 Å². The first-order valence-electron chi connectivity index (χ1n) is 7.52. The summed E-state index contributed by atoms with van der Waals surface area (Å²) < 4.78 is 38.5. The van der Waals surface area contributed by atoms with Crippen LogP contribution in [0.1, 0.15) is 43.7 Å². The van der Waals surface area contributed by atoms with Gasteiger partial charge in [0.05, 0.1) is 5.56 Å². The molecule has 2 nitrogen and oxygen atoms in total. The number of thiocarbonyl (C=S) groups is 1. The van der Waals surface area contributed by atoms with E-state index < -0.39 is 11.7 Å². The lowest BCUT2D eigenvalue weighted by Crippen LogP contribution is -2.39. The zero-order valence-corrected chi connectivity index (χ0v) is 13.6. The Bertz CT molecular complexity index is 537. The molecule has 0 amide bonds. The van der Waals surface area contributed by atoms with Gasteiger partial charge in [-0.2, -0.15) is 13.2 Å². The molecule has 1 aromatic carbocycles. The van der Waals surface area contributed by atoms with Gasteiger partial charge in [-0.3, -0.25) is 0 Å². The van der Waals surface area contributed by atoms with Crippen LogP contribution in [-0.2, 0) is 6.18 Å². The van der Waals surface area contributed by atoms with Crippen molar-refractivity contribution in [3.05, 3.63) is 29.3 Å². The Balaban J connectivity index is 2.00. The Morgan fingerprint density at radius 3 is 2.45 bits per heavy atom. The third-order valence-electron chi connectivity index (χ3n) is 4.13. The van der Waals surface area contributed by atoms with E-state index in [2.05, 4.69) is 17.6 Å². The van der Waals surface area contributed by atoms with Gasteiger partial charge in [0.15, 0.2) is 5.11 Å². The Kier molecular flexibility index (Phi) is 5.32. The Morgan fingerprint density at radius 1 is 1.23 bits per heavy atom. The third-order valence-corrected chi connectivity index (χ3v) is 4.35. The smallest absolute Gasteiger partial charge is 0.360 e. The second kappa shape index (κ2) is 6.86. The van der Waals surface area contributed by atoms with Gasteiger partial charge in [-0.15, -0.1) is 0 Å². The average Bonchev–Trinajstić information content (AvgIpc) is 2.90. The molecule has 22 heavy (non-hydrogen) atoms. The van der Waals surface area contributed by atoms with E-state index in [1.54, 1.807) is 13.0 Å². The number of halogens is 3. The summed E-state index contributed by atoms with van der Waals surface area (Å²) in [5.41, 5.74) is 0.244. The first kappa shape index (κ1) is 17.1. The van der Waals surface area contributed by atoms with Gasteiger partial charge in [0.25, 0.3) is 0 Å². The molecule has 0 bridgehead atoms. The summed E-state index contributed by atoms with van der Waals surface area (Å²) >= 11 is 5.22. The first-order valence-corrected chi connectivity index (χ1v) is 7.93. The van der Waals surface area contributed by atoms with Crippen molar-refractivity contribution < 1.29 is 13.2 Å². The summed E-state index contributed by atoms with van der Waals surface area (Å²) in [6, 6.07) is 4.10. The predicted octanol–water partition coefficient (Wildman–Crippen LogP) is 4.88. The number of nitrogens with one attached hydrogen (secondary N) is 2. The van der Waals surface area contributed by atoms with Crippen molar-refractivity contribution in [3.8, 4) is 0 Å². The molecule has 0 saturated heterocycles.